The number of nitrogens with one attached hydrogen (secondary N) is 1. The molecule has 0 spiro atoms. The van der Waals surface area contributed by atoms with Crippen LogP contribution < -0.4 is 5.32 Å². The van der Waals surface area contributed by atoms with E-state index in [1.54, 1.807) is 0 Å². The quantitative estimate of drug-likeness (QED) is 0.833. The molecule has 0 aromatic carbocycles. The van der Waals surface area contributed by atoms with Crippen molar-refractivity contribution in [1.29, 1.82) is 5.26 Å². The molecule has 2 aliphatic rings. The SMILES string of the molecule is CCCNC1(C#N)CCC(N2CCC(N(C)C)CC2)C1. The fraction of sp³-hybridized carbons (Fsp3) is 0.938. The molecule has 1 saturated carbocycles. The lowest BCUT2D eigenvalue weighted by molar-refractivity contribution is 0.107. The highest BCUT2D eigenvalue weighted by molar-refractivity contribution is 5.13. The molecular formula is C16H30N4. The molecule has 114 valence electrons. The van der Waals surface area contributed by atoms with Crippen LogP contribution in [0.25, 0.3) is 0 Å². The summed E-state index contributed by atoms with van der Waals surface area (Å²) >= 11 is 0. The summed E-state index contributed by atoms with van der Waals surface area (Å²) in [4.78, 5) is 4.99. The fourth-order valence-corrected chi connectivity index (χ4v) is 3.76. The van der Waals surface area contributed by atoms with Gasteiger partial charge in [0.1, 0.15) is 5.54 Å². The summed E-state index contributed by atoms with van der Waals surface area (Å²) < 4.78 is 0. The van der Waals surface area contributed by atoms with Crippen LogP contribution in [0.4, 0.5) is 0 Å². The number of hydrogen-bond acceptors (Lipinski definition) is 4. The Labute approximate surface area is 124 Å². The predicted octanol–water partition coefficient (Wildman–Crippen LogP) is 1.83. The van der Waals surface area contributed by atoms with E-state index in [4.69, 9.17) is 0 Å². The summed E-state index contributed by atoms with van der Waals surface area (Å²) in [6, 6.07) is 3.92. The second kappa shape index (κ2) is 6.89. The van der Waals surface area contributed by atoms with Gasteiger partial charge in [-0.05, 0) is 72.3 Å². The van der Waals surface area contributed by atoms with Gasteiger partial charge in [-0.25, -0.2) is 0 Å². The van der Waals surface area contributed by atoms with Gasteiger partial charge in [0.05, 0.1) is 6.07 Å². The van der Waals surface area contributed by atoms with Gasteiger partial charge in [-0.2, -0.15) is 5.26 Å². The van der Waals surface area contributed by atoms with E-state index in [-0.39, 0.29) is 5.54 Å². The highest BCUT2D eigenvalue weighted by atomic mass is 15.2. The molecule has 4 nitrogen and oxygen atoms in total. The maximum atomic E-state index is 9.54. The van der Waals surface area contributed by atoms with E-state index < -0.39 is 0 Å². The van der Waals surface area contributed by atoms with Gasteiger partial charge in [0.25, 0.3) is 0 Å². The molecule has 1 N–H and O–H groups in total. The molecule has 0 aromatic heterocycles. The maximum absolute atomic E-state index is 9.54. The summed E-state index contributed by atoms with van der Waals surface area (Å²) in [6.45, 7) is 5.52. The van der Waals surface area contributed by atoms with Crippen molar-refractivity contribution in [2.45, 2.75) is 63.1 Å². The van der Waals surface area contributed by atoms with E-state index in [0.29, 0.717) is 6.04 Å². The number of piperidine rings is 1. The van der Waals surface area contributed by atoms with E-state index in [9.17, 15) is 5.26 Å². The standard InChI is InChI=1S/C16H30N4/c1-4-9-18-16(13-17)8-5-15(12-16)20-10-6-14(7-11-20)19(2)3/h14-15,18H,4-12H2,1-3H3. The minimum atomic E-state index is -0.251. The zero-order valence-corrected chi connectivity index (χ0v) is 13.4. The van der Waals surface area contributed by atoms with Crippen LogP contribution in [0.1, 0.15) is 45.4 Å². The molecule has 20 heavy (non-hydrogen) atoms. The Morgan fingerprint density at radius 3 is 2.55 bits per heavy atom. The molecule has 2 rings (SSSR count). The van der Waals surface area contributed by atoms with E-state index in [2.05, 4.69) is 42.2 Å². The Balaban J connectivity index is 1.85. The fourth-order valence-electron chi connectivity index (χ4n) is 3.76. The summed E-state index contributed by atoms with van der Waals surface area (Å²) in [5.74, 6) is 0. The van der Waals surface area contributed by atoms with Gasteiger partial charge in [-0.1, -0.05) is 6.92 Å². The number of nitriles is 1. The van der Waals surface area contributed by atoms with Crippen molar-refractivity contribution < 1.29 is 0 Å². The third kappa shape index (κ3) is 3.52. The average molecular weight is 278 g/mol. The van der Waals surface area contributed by atoms with Crippen LogP contribution in [-0.2, 0) is 0 Å². The molecule has 0 amide bonds. The second-order valence-electron chi connectivity index (χ2n) is 6.75. The van der Waals surface area contributed by atoms with Crippen LogP contribution in [0.2, 0.25) is 0 Å². The Morgan fingerprint density at radius 2 is 2.00 bits per heavy atom. The van der Waals surface area contributed by atoms with Crippen LogP contribution in [0.3, 0.4) is 0 Å². The first-order valence-electron chi connectivity index (χ1n) is 8.17. The topological polar surface area (TPSA) is 42.3 Å². The molecule has 2 fully saturated rings. The lowest BCUT2D eigenvalue weighted by Gasteiger charge is -2.38. The minimum absolute atomic E-state index is 0.251. The largest absolute Gasteiger partial charge is 0.306 e. The van der Waals surface area contributed by atoms with Crippen molar-refractivity contribution >= 4 is 0 Å². The van der Waals surface area contributed by atoms with Crippen LogP contribution in [0.5, 0.6) is 0 Å². The molecular weight excluding hydrogens is 248 g/mol. The van der Waals surface area contributed by atoms with Gasteiger partial charge in [0.15, 0.2) is 0 Å². The smallest absolute Gasteiger partial charge is 0.108 e. The summed E-state index contributed by atoms with van der Waals surface area (Å²) in [7, 11) is 4.37. The Morgan fingerprint density at radius 1 is 1.30 bits per heavy atom. The summed E-state index contributed by atoms with van der Waals surface area (Å²) in [5, 5.41) is 13.0. The highest BCUT2D eigenvalue weighted by Crippen LogP contribution is 2.34. The zero-order chi connectivity index (χ0) is 14.6. The molecule has 1 saturated heterocycles. The van der Waals surface area contributed by atoms with E-state index in [1.807, 2.05) is 0 Å². The van der Waals surface area contributed by atoms with Gasteiger partial charge in [0, 0.05) is 12.1 Å². The molecule has 0 radical (unpaired) electrons. The molecule has 1 heterocycles. The Bertz CT molecular complexity index is 341. The van der Waals surface area contributed by atoms with Crippen molar-refractivity contribution in [1.82, 2.24) is 15.1 Å². The zero-order valence-electron chi connectivity index (χ0n) is 13.4. The molecule has 1 aliphatic carbocycles. The van der Waals surface area contributed by atoms with E-state index in [0.717, 1.165) is 31.8 Å². The van der Waals surface area contributed by atoms with E-state index in [1.165, 1.54) is 32.4 Å². The normalized spacial score (nSPS) is 32.6. The first-order valence-corrected chi connectivity index (χ1v) is 8.17. The van der Waals surface area contributed by atoms with Gasteiger partial charge in [0.2, 0.25) is 0 Å². The molecule has 4 heteroatoms. The lowest BCUT2D eigenvalue weighted by Crippen LogP contribution is -2.48. The maximum Gasteiger partial charge on any atom is 0.108 e. The van der Waals surface area contributed by atoms with Crippen LogP contribution in [0, 0.1) is 11.3 Å². The van der Waals surface area contributed by atoms with Gasteiger partial charge in [-0.3, -0.25) is 5.32 Å². The number of rotatable bonds is 5. The van der Waals surface area contributed by atoms with Crippen LogP contribution >= 0.6 is 0 Å². The molecule has 1 aliphatic heterocycles. The van der Waals surface area contributed by atoms with Crippen molar-refractivity contribution in [3.05, 3.63) is 0 Å². The van der Waals surface area contributed by atoms with Crippen molar-refractivity contribution in [3.63, 3.8) is 0 Å². The Hall–Kier alpha value is -0.630. The minimum Gasteiger partial charge on any atom is -0.306 e. The van der Waals surface area contributed by atoms with Crippen molar-refractivity contribution in [3.8, 4) is 6.07 Å². The van der Waals surface area contributed by atoms with Gasteiger partial charge in [-0.15, -0.1) is 0 Å². The van der Waals surface area contributed by atoms with Gasteiger partial charge < -0.3 is 9.80 Å². The monoisotopic (exact) mass is 278 g/mol. The van der Waals surface area contributed by atoms with Crippen molar-refractivity contribution in [2.24, 2.45) is 0 Å². The predicted molar refractivity (Wildman–Crippen MR) is 82.6 cm³/mol. The van der Waals surface area contributed by atoms with E-state index >= 15 is 0 Å². The lowest BCUT2D eigenvalue weighted by atomic mass is 9.97. The number of hydrogen-bond donors (Lipinski definition) is 1. The van der Waals surface area contributed by atoms with Crippen LogP contribution in [-0.4, -0.2) is 61.2 Å². The third-order valence-corrected chi connectivity index (χ3v) is 5.16. The molecule has 0 bridgehead atoms. The first-order chi connectivity index (χ1) is 9.60. The summed E-state index contributed by atoms with van der Waals surface area (Å²) in [5.41, 5.74) is -0.251. The van der Waals surface area contributed by atoms with Crippen LogP contribution in [0.15, 0.2) is 0 Å². The average Bonchev–Trinajstić information content (AvgIpc) is 2.90. The number of nitrogens with zero attached hydrogens (tertiary/aromatic N) is 3. The molecule has 2 unspecified atom stereocenters. The van der Waals surface area contributed by atoms with Gasteiger partial charge >= 0.3 is 0 Å². The highest BCUT2D eigenvalue weighted by Gasteiger charge is 2.41. The Kier molecular flexibility index (Phi) is 5.42. The summed E-state index contributed by atoms with van der Waals surface area (Å²) in [6.07, 6.45) is 6.84. The molecule has 2 atom stereocenters. The molecule has 0 aromatic rings. The first kappa shape index (κ1) is 15.8. The van der Waals surface area contributed by atoms with Crippen molar-refractivity contribution in [2.75, 3.05) is 33.7 Å². The third-order valence-electron chi connectivity index (χ3n) is 5.16. The second-order valence-corrected chi connectivity index (χ2v) is 6.75. The number of likely N-dealkylation sites (tertiary alicyclic amines) is 1.